The number of nitriles is 1. The molecule has 1 unspecified atom stereocenters. The quantitative estimate of drug-likeness (QED) is 0.611. The molecular formula is C26H24N3O3S+. The molecule has 2 aliphatic heterocycles. The Labute approximate surface area is 197 Å². The van der Waals surface area contributed by atoms with Crippen LogP contribution in [0.3, 0.4) is 0 Å². The van der Waals surface area contributed by atoms with Gasteiger partial charge in [0.1, 0.15) is 29.8 Å². The Morgan fingerprint density at radius 1 is 1.12 bits per heavy atom. The van der Waals surface area contributed by atoms with E-state index in [1.54, 1.807) is 22.9 Å². The number of rotatable bonds is 6. The zero-order chi connectivity index (χ0) is 22.6. The van der Waals surface area contributed by atoms with Gasteiger partial charge in [0.2, 0.25) is 5.91 Å². The Morgan fingerprint density at radius 2 is 1.94 bits per heavy atom. The van der Waals surface area contributed by atoms with Crippen molar-refractivity contribution < 1.29 is 18.8 Å². The van der Waals surface area contributed by atoms with Crippen molar-refractivity contribution in [2.75, 3.05) is 12.5 Å². The summed E-state index contributed by atoms with van der Waals surface area (Å²) in [6.45, 7) is 1.76. The molecule has 3 heterocycles. The van der Waals surface area contributed by atoms with E-state index >= 15 is 0 Å². The number of amides is 1. The number of nitrogens with zero attached hydrogens (tertiary/aromatic N) is 2. The molecule has 33 heavy (non-hydrogen) atoms. The molecule has 0 saturated carbocycles. The van der Waals surface area contributed by atoms with E-state index in [9.17, 15) is 10.1 Å². The van der Waals surface area contributed by atoms with Gasteiger partial charge in [-0.25, -0.2) is 0 Å². The molecule has 0 aliphatic carbocycles. The standard InChI is InChI=1S/C26H23N3O3S/c27-14-24-23(20-8-10-21(11-9-20)32-16-19-5-2-1-3-6-19)13-25(30)29-17-28(18-33-26(24)29)15-22-7-4-12-31-22/h1-12,23H,13,15-18H2/p+1/t23-/m1/s1. The minimum absolute atomic E-state index is 0.0579. The summed E-state index contributed by atoms with van der Waals surface area (Å²) in [6, 6.07) is 24.0. The number of thioether (sulfide) groups is 1. The maximum Gasteiger partial charge on any atom is 0.232 e. The van der Waals surface area contributed by atoms with Crippen LogP contribution in [0.5, 0.6) is 5.75 Å². The van der Waals surface area contributed by atoms with Crippen LogP contribution in [0, 0.1) is 11.3 Å². The van der Waals surface area contributed by atoms with Gasteiger partial charge in [0.15, 0.2) is 12.4 Å². The third-order valence-corrected chi connectivity index (χ3v) is 7.22. The molecule has 166 valence electrons. The number of fused-ring (bicyclic) bond motifs is 1. The number of nitrogens with one attached hydrogen (secondary N) is 1. The largest absolute Gasteiger partial charge is 0.489 e. The molecule has 7 heteroatoms. The van der Waals surface area contributed by atoms with Crippen LogP contribution in [0.1, 0.15) is 29.2 Å². The van der Waals surface area contributed by atoms with E-state index < -0.39 is 0 Å². The summed E-state index contributed by atoms with van der Waals surface area (Å²) < 4.78 is 11.3. The Morgan fingerprint density at radius 3 is 2.67 bits per heavy atom. The molecule has 1 saturated heterocycles. The minimum Gasteiger partial charge on any atom is -0.489 e. The fraction of sp³-hybridized carbons (Fsp3) is 0.231. The Kier molecular flexibility index (Phi) is 6.20. The Balaban J connectivity index is 1.30. The molecule has 2 atom stereocenters. The van der Waals surface area contributed by atoms with E-state index in [1.807, 2.05) is 66.7 Å². The van der Waals surface area contributed by atoms with Crippen LogP contribution in [-0.2, 0) is 17.9 Å². The van der Waals surface area contributed by atoms with Gasteiger partial charge in [-0.15, -0.1) is 0 Å². The second-order valence-corrected chi connectivity index (χ2v) is 9.17. The van der Waals surface area contributed by atoms with Crippen molar-refractivity contribution in [3.63, 3.8) is 0 Å². The first kappa shape index (κ1) is 21.4. The van der Waals surface area contributed by atoms with Crippen molar-refractivity contribution in [1.82, 2.24) is 4.90 Å². The molecule has 0 bridgehead atoms. The molecule has 5 rings (SSSR count). The molecule has 1 N–H and O–H groups in total. The molecule has 0 radical (unpaired) electrons. The van der Waals surface area contributed by atoms with Crippen molar-refractivity contribution in [3.05, 3.63) is 100 Å². The zero-order valence-electron chi connectivity index (χ0n) is 18.1. The number of carbonyl (C=O) groups excluding carboxylic acids is 1. The fourth-order valence-corrected chi connectivity index (χ4v) is 5.46. The molecule has 2 aliphatic rings. The normalized spacial score (nSPS) is 20.3. The van der Waals surface area contributed by atoms with E-state index in [1.165, 1.54) is 4.90 Å². The Hall–Kier alpha value is -3.47. The average molecular weight is 459 g/mol. The summed E-state index contributed by atoms with van der Waals surface area (Å²) in [7, 11) is 0. The second kappa shape index (κ2) is 9.57. The summed E-state index contributed by atoms with van der Waals surface area (Å²) in [6.07, 6.45) is 1.96. The van der Waals surface area contributed by atoms with Crippen LogP contribution in [0.4, 0.5) is 0 Å². The monoisotopic (exact) mass is 458 g/mol. The molecule has 1 fully saturated rings. The predicted molar refractivity (Wildman–Crippen MR) is 125 cm³/mol. The van der Waals surface area contributed by atoms with Crippen molar-refractivity contribution in [2.24, 2.45) is 0 Å². The van der Waals surface area contributed by atoms with E-state index in [0.717, 1.165) is 33.5 Å². The third-order valence-electron chi connectivity index (χ3n) is 5.95. The van der Waals surface area contributed by atoms with Gasteiger partial charge in [0, 0.05) is 12.3 Å². The summed E-state index contributed by atoms with van der Waals surface area (Å²) in [5.41, 5.74) is 2.74. The van der Waals surface area contributed by atoms with Crippen LogP contribution in [0.15, 0.2) is 88.0 Å². The van der Waals surface area contributed by atoms with Crippen LogP contribution in [0.2, 0.25) is 0 Å². The topological polar surface area (TPSA) is 70.9 Å². The smallest absolute Gasteiger partial charge is 0.232 e. The van der Waals surface area contributed by atoms with Crippen molar-refractivity contribution >= 4 is 17.7 Å². The summed E-state index contributed by atoms with van der Waals surface area (Å²) in [5.74, 6) is 2.28. The minimum atomic E-state index is -0.226. The summed E-state index contributed by atoms with van der Waals surface area (Å²) >= 11 is 1.58. The number of allylic oxidation sites excluding steroid dienone is 1. The number of benzene rings is 2. The number of hydrogen-bond acceptors (Lipinski definition) is 5. The van der Waals surface area contributed by atoms with Crippen molar-refractivity contribution in [3.8, 4) is 11.8 Å². The van der Waals surface area contributed by atoms with Crippen molar-refractivity contribution in [2.45, 2.75) is 25.5 Å². The van der Waals surface area contributed by atoms with Gasteiger partial charge < -0.3 is 14.1 Å². The van der Waals surface area contributed by atoms with Crippen LogP contribution in [0.25, 0.3) is 0 Å². The molecule has 6 nitrogen and oxygen atoms in total. The fourth-order valence-electron chi connectivity index (χ4n) is 4.26. The molecule has 3 aromatic rings. The second-order valence-electron chi connectivity index (χ2n) is 8.21. The van der Waals surface area contributed by atoms with Crippen LogP contribution >= 0.6 is 11.8 Å². The van der Waals surface area contributed by atoms with E-state index in [2.05, 4.69) is 6.07 Å². The zero-order valence-corrected chi connectivity index (χ0v) is 18.9. The number of carbonyl (C=O) groups is 1. The van der Waals surface area contributed by atoms with Gasteiger partial charge in [-0.2, -0.15) is 5.26 Å². The first-order valence-electron chi connectivity index (χ1n) is 10.9. The highest BCUT2D eigenvalue weighted by Crippen LogP contribution is 2.40. The molecule has 2 aromatic carbocycles. The van der Waals surface area contributed by atoms with Gasteiger partial charge in [-0.05, 0) is 47.2 Å². The number of furan rings is 1. The van der Waals surface area contributed by atoms with Gasteiger partial charge in [-0.3, -0.25) is 9.69 Å². The lowest BCUT2D eigenvalue weighted by molar-refractivity contribution is -0.911. The SMILES string of the molecule is N#CC1=C2SC[NH+](Cc3ccco3)CN2C(=O)C[C@@H]1c1ccc(OCc2ccccc2)cc1. The molecule has 1 aromatic heterocycles. The highest BCUT2D eigenvalue weighted by atomic mass is 32.2. The first-order valence-corrected chi connectivity index (χ1v) is 11.9. The van der Waals surface area contributed by atoms with E-state index in [0.29, 0.717) is 31.8 Å². The van der Waals surface area contributed by atoms with E-state index in [4.69, 9.17) is 9.15 Å². The maximum atomic E-state index is 13.1. The lowest BCUT2D eigenvalue weighted by atomic mass is 9.86. The van der Waals surface area contributed by atoms with Crippen LogP contribution < -0.4 is 9.64 Å². The lowest BCUT2D eigenvalue weighted by Crippen LogP contribution is -3.12. The van der Waals surface area contributed by atoms with Gasteiger partial charge in [0.25, 0.3) is 0 Å². The number of hydrogen-bond donors (Lipinski definition) is 1. The Bertz CT molecular complexity index is 1180. The molecule has 0 spiro atoms. The maximum absolute atomic E-state index is 13.1. The average Bonchev–Trinajstić information content (AvgIpc) is 3.37. The molecular weight excluding hydrogens is 434 g/mol. The number of ether oxygens (including phenoxy) is 1. The number of quaternary nitrogens is 1. The van der Waals surface area contributed by atoms with Crippen LogP contribution in [-0.4, -0.2) is 23.4 Å². The lowest BCUT2D eigenvalue weighted by Gasteiger charge is -2.38. The summed E-state index contributed by atoms with van der Waals surface area (Å²) in [5, 5.41) is 10.8. The summed E-state index contributed by atoms with van der Waals surface area (Å²) in [4.78, 5) is 16.1. The third kappa shape index (κ3) is 4.68. The van der Waals surface area contributed by atoms with Gasteiger partial charge in [-0.1, -0.05) is 42.5 Å². The highest BCUT2D eigenvalue weighted by molar-refractivity contribution is 8.02. The van der Waals surface area contributed by atoms with Gasteiger partial charge in [0.05, 0.1) is 17.9 Å². The predicted octanol–water partition coefficient (Wildman–Crippen LogP) is 3.66. The van der Waals surface area contributed by atoms with E-state index in [-0.39, 0.29) is 11.8 Å². The van der Waals surface area contributed by atoms with Crippen molar-refractivity contribution in [1.29, 1.82) is 5.26 Å². The van der Waals surface area contributed by atoms with Gasteiger partial charge >= 0.3 is 0 Å². The highest BCUT2D eigenvalue weighted by Gasteiger charge is 2.40. The molecule has 1 amide bonds. The first-order chi connectivity index (χ1) is 16.2.